The van der Waals surface area contributed by atoms with E-state index in [0.717, 1.165) is 27.6 Å². The SMILES string of the molecule is Cc1ccc2c(c1)N(CC(=O)N(CCc1c[nH]c3ccccc13)Cc1ccccc1Cl)C(=O)[C@H](C)O2. The maximum absolute atomic E-state index is 13.7. The van der Waals surface area contributed by atoms with Gasteiger partial charge < -0.3 is 14.6 Å². The maximum atomic E-state index is 13.7. The predicted molar refractivity (Wildman–Crippen MR) is 142 cm³/mol. The summed E-state index contributed by atoms with van der Waals surface area (Å²) in [7, 11) is 0. The number of aromatic nitrogens is 1. The third-order valence-corrected chi connectivity index (χ3v) is 6.98. The summed E-state index contributed by atoms with van der Waals surface area (Å²) in [5.74, 6) is 0.234. The lowest BCUT2D eigenvalue weighted by Gasteiger charge is -2.34. The van der Waals surface area contributed by atoms with Crippen LogP contribution in [0.3, 0.4) is 0 Å². The number of para-hydroxylation sites is 1. The molecule has 0 radical (unpaired) electrons. The average Bonchev–Trinajstić information content (AvgIpc) is 3.29. The van der Waals surface area contributed by atoms with Gasteiger partial charge in [0.05, 0.1) is 5.69 Å². The van der Waals surface area contributed by atoms with Crippen molar-refractivity contribution in [3.8, 4) is 5.75 Å². The molecule has 184 valence electrons. The summed E-state index contributed by atoms with van der Waals surface area (Å²) >= 11 is 6.45. The zero-order chi connectivity index (χ0) is 25.2. The van der Waals surface area contributed by atoms with E-state index < -0.39 is 6.10 Å². The molecule has 2 heterocycles. The molecule has 0 aliphatic carbocycles. The molecule has 5 rings (SSSR count). The first-order valence-corrected chi connectivity index (χ1v) is 12.4. The normalized spacial score (nSPS) is 15.0. The fourth-order valence-corrected chi connectivity index (χ4v) is 4.83. The Morgan fingerprint density at radius 1 is 1.08 bits per heavy atom. The second-order valence-electron chi connectivity index (χ2n) is 9.17. The number of benzene rings is 3. The molecule has 6 nitrogen and oxygen atoms in total. The number of ether oxygens (including phenoxy) is 1. The van der Waals surface area contributed by atoms with E-state index in [9.17, 15) is 9.59 Å². The summed E-state index contributed by atoms with van der Waals surface area (Å²) in [5.41, 5.74) is 4.69. The standard InChI is InChI=1S/C29H28ClN3O3/c1-19-11-12-27-26(15-19)33(29(35)20(2)36-27)18-28(34)32(17-22-7-3-5-9-24(22)30)14-13-21-16-31-25-10-6-4-8-23(21)25/h3-12,15-16,20,31H,13-14,17-18H2,1-2H3/t20-/m0/s1. The smallest absolute Gasteiger partial charge is 0.268 e. The first kappa shape index (κ1) is 23.9. The van der Waals surface area contributed by atoms with E-state index in [1.54, 1.807) is 16.7 Å². The van der Waals surface area contributed by atoms with E-state index in [4.69, 9.17) is 16.3 Å². The first-order valence-electron chi connectivity index (χ1n) is 12.1. The average molecular weight is 502 g/mol. The number of nitrogens with one attached hydrogen (secondary N) is 1. The van der Waals surface area contributed by atoms with Crippen molar-refractivity contribution in [3.05, 3.63) is 94.6 Å². The number of carbonyl (C=O) groups is 2. The Balaban J connectivity index is 1.41. The van der Waals surface area contributed by atoms with Gasteiger partial charge >= 0.3 is 0 Å². The number of nitrogens with zero attached hydrogens (tertiary/aromatic N) is 2. The lowest BCUT2D eigenvalue weighted by Crippen LogP contribution is -2.49. The van der Waals surface area contributed by atoms with Gasteiger partial charge in [-0.05, 0) is 61.2 Å². The number of rotatable bonds is 7. The van der Waals surface area contributed by atoms with Crippen molar-refractivity contribution >= 4 is 40.0 Å². The molecule has 0 unspecified atom stereocenters. The third kappa shape index (κ3) is 4.82. The van der Waals surface area contributed by atoms with E-state index in [1.807, 2.05) is 73.8 Å². The summed E-state index contributed by atoms with van der Waals surface area (Å²) in [4.78, 5) is 33.4. The molecule has 0 spiro atoms. The van der Waals surface area contributed by atoms with Crippen molar-refractivity contribution in [2.75, 3.05) is 18.0 Å². The molecule has 1 aromatic heterocycles. The highest BCUT2D eigenvalue weighted by Crippen LogP contribution is 2.35. The topological polar surface area (TPSA) is 65.6 Å². The molecule has 0 fully saturated rings. The zero-order valence-electron chi connectivity index (χ0n) is 20.3. The molecule has 4 aromatic rings. The molecule has 0 saturated carbocycles. The van der Waals surface area contributed by atoms with Crippen LogP contribution in [0.5, 0.6) is 5.75 Å². The van der Waals surface area contributed by atoms with Crippen LogP contribution in [0, 0.1) is 6.92 Å². The quantitative estimate of drug-likeness (QED) is 0.363. The lowest BCUT2D eigenvalue weighted by molar-refractivity contribution is -0.133. The molecule has 1 aliphatic heterocycles. The molecule has 0 saturated heterocycles. The monoisotopic (exact) mass is 501 g/mol. The van der Waals surface area contributed by atoms with Crippen LogP contribution in [0.4, 0.5) is 5.69 Å². The van der Waals surface area contributed by atoms with Crippen LogP contribution >= 0.6 is 11.6 Å². The molecular formula is C29H28ClN3O3. The second-order valence-corrected chi connectivity index (χ2v) is 9.58. The summed E-state index contributed by atoms with van der Waals surface area (Å²) in [6.07, 6.45) is 2.01. The van der Waals surface area contributed by atoms with E-state index >= 15 is 0 Å². The third-order valence-electron chi connectivity index (χ3n) is 6.61. The molecule has 1 atom stereocenters. The number of aromatic amines is 1. The molecule has 1 aliphatic rings. The predicted octanol–water partition coefficient (Wildman–Crippen LogP) is 5.52. The Bertz CT molecular complexity index is 1430. The van der Waals surface area contributed by atoms with Crippen LogP contribution in [-0.2, 0) is 22.6 Å². The Morgan fingerprint density at radius 3 is 2.69 bits per heavy atom. The van der Waals surface area contributed by atoms with Gasteiger partial charge in [0.1, 0.15) is 12.3 Å². The number of fused-ring (bicyclic) bond motifs is 2. The van der Waals surface area contributed by atoms with Crippen molar-refractivity contribution in [1.82, 2.24) is 9.88 Å². The van der Waals surface area contributed by atoms with Crippen molar-refractivity contribution < 1.29 is 14.3 Å². The lowest BCUT2D eigenvalue weighted by atomic mass is 10.1. The highest BCUT2D eigenvalue weighted by molar-refractivity contribution is 6.31. The summed E-state index contributed by atoms with van der Waals surface area (Å²) in [6, 6.07) is 21.3. The van der Waals surface area contributed by atoms with Crippen LogP contribution in [0.2, 0.25) is 5.02 Å². The van der Waals surface area contributed by atoms with Gasteiger partial charge in [-0.25, -0.2) is 0 Å². The van der Waals surface area contributed by atoms with Gasteiger partial charge in [0, 0.05) is 35.2 Å². The van der Waals surface area contributed by atoms with E-state index in [0.29, 0.717) is 36.0 Å². The van der Waals surface area contributed by atoms with Gasteiger partial charge in [-0.1, -0.05) is 54.1 Å². The minimum Gasteiger partial charge on any atom is -0.479 e. The number of hydrogen-bond acceptors (Lipinski definition) is 3. The van der Waals surface area contributed by atoms with Crippen molar-refractivity contribution in [3.63, 3.8) is 0 Å². The van der Waals surface area contributed by atoms with Gasteiger partial charge in [0.2, 0.25) is 5.91 Å². The van der Waals surface area contributed by atoms with Crippen molar-refractivity contribution in [2.24, 2.45) is 0 Å². The Hall–Kier alpha value is -3.77. The van der Waals surface area contributed by atoms with Crippen LogP contribution in [0.1, 0.15) is 23.6 Å². The van der Waals surface area contributed by atoms with Gasteiger partial charge in [0.25, 0.3) is 5.91 Å². The van der Waals surface area contributed by atoms with E-state index in [-0.39, 0.29) is 18.4 Å². The highest BCUT2D eigenvalue weighted by atomic mass is 35.5. The fourth-order valence-electron chi connectivity index (χ4n) is 4.63. The molecule has 2 amide bonds. The summed E-state index contributed by atoms with van der Waals surface area (Å²) in [6.45, 7) is 4.44. The Morgan fingerprint density at radius 2 is 1.86 bits per heavy atom. The number of hydrogen-bond donors (Lipinski definition) is 1. The van der Waals surface area contributed by atoms with E-state index in [2.05, 4.69) is 11.1 Å². The largest absolute Gasteiger partial charge is 0.479 e. The number of aryl methyl sites for hydroxylation is 1. The van der Waals surface area contributed by atoms with Crippen LogP contribution in [0.15, 0.2) is 72.9 Å². The summed E-state index contributed by atoms with van der Waals surface area (Å²) in [5, 5.41) is 1.75. The number of anilines is 1. The van der Waals surface area contributed by atoms with Crippen LogP contribution in [0.25, 0.3) is 10.9 Å². The molecule has 1 N–H and O–H groups in total. The number of halogens is 1. The molecule has 7 heteroatoms. The first-order chi connectivity index (χ1) is 17.4. The van der Waals surface area contributed by atoms with Gasteiger partial charge in [-0.15, -0.1) is 0 Å². The number of H-pyrrole nitrogens is 1. The van der Waals surface area contributed by atoms with Crippen molar-refractivity contribution in [1.29, 1.82) is 0 Å². The minimum atomic E-state index is -0.656. The zero-order valence-corrected chi connectivity index (χ0v) is 21.1. The Kier molecular flexibility index (Phi) is 6.70. The molecule has 3 aromatic carbocycles. The fraction of sp³-hybridized carbons (Fsp3) is 0.241. The number of amides is 2. The second kappa shape index (κ2) is 10.1. The van der Waals surface area contributed by atoms with Gasteiger partial charge in [-0.2, -0.15) is 0 Å². The Labute approximate surface area is 215 Å². The van der Waals surface area contributed by atoms with E-state index in [1.165, 1.54) is 0 Å². The summed E-state index contributed by atoms with van der Waals surface area (Å²) < 4.78 is 5.78. The molecular weight excluding hydrogens is 474 g/mol. The number of carbonyl (C=O) groups excluding carboxylic acids is 2. The maximum Gasteiger partial charge on any atom is 0.268 e. The highest BCUT2D eigenvalue weighted by Gasteiger charge is 2.34. The minimum absolute atomic E-state index is 0.0681. The van der Waals surface area contributed by atoms with Gasteiger partial charge in [-0.3, -0.25) is 14.5 Å². The van der Waals surface area contributed by atoms with Crippen LogP contribution in [-0.4, -0.2) is 40.9 Å². The molecule has 0 bridgehead atoms. The van der Waals surface area contributed by atoms with Crippen LogP contribution < -0.4 is 9.64 Å². The van der Waals surface area contributed by atoms with Crippen molar-refractivity contribution in [2.45, 2.75) is 32.9 Å². The van der Waals surface area contributed by atoms with Gasteiger partial charge in [0.15, 0.2) is 6.10 Å². The molecule has 36 heavy (non-hydrogen) atoms.